The van der Waals surface area contributed by atoms with Gasteiger partial charge in [-0.3, -0.25) is 14.7 Å². The highest BCUT2D eigenvalue weighted by atomic mass is 127. The molecule has 8 heteroatoms. The van der Waals surface area contributed by atoms with Crippen LogP contribution in [0.15, 0.2) is 27.8 Å². The minimum atomic E-state index is -0.199. The number of aliphatic imine (C=N–C) groups is 1. The largest absolute Gasteiger partial charge is 0.459 e. The van der Waals surface area contributed by atoms with Gasteiger partial charge in [0, 0.05) is 25.7 Å². The number of likely N-dealkylation sites (tertiary alicyclic amines) is 1. The van der Waals surface area contributed by atoms with Gasteiger partial charge in [-0.1, -0.05) is 26.7 Å². The summed E-state index contributed by atoms with van der Waals surface area (Å²) < 4.78 is 5.09. The van der Waals surface area contributed by atoms with E-state index in [9.17, 15) is 4.79 Å². The first-order valence-electron chi connectivity index (χ1n) is 10.7. The Morgan fingerprint density at radius 1 is 1.14 bits per heavy atom. The van der Waals surface area contributed by atoms with Crippen LogP contribution in [0.1, 0.15) is 57.0 Å². The number of carbonyl (C=O) groups is 1. The van der Waals surface area contributed by atoms with Gasteiger partial charge in [-0.25, -0.2) is 0 Å². The summed E-state index contributed by atoms with van der Waals surface area (Å²) in [4.78, 5) is 19.3. The fourth-order valence-corrected chi connectivity index (χ4v) is 3.55. The van der Waals surface area contributed by atoms with E-state index in [-0.39, 0.29) is 29.9 Å². The summed E-state index contributed by atoms with van der Waals surface area (Å²) >= 11 is 0. The third-order valence-electron chi connectivity index (χ3n) is 5.11. The maximum Gasteiger partial charge on any atom is 0.287 e. The monoisotopic (exact) mass is 519 g/mol. The van der Waals surface area contributed by atoms with Crippen molar-refractivity contribution in [3.05, 3.63) is 24.2 Å². The molecule has 0 spiro atoms. The lowest BCUT2D eigenvalue weighted by Crippen LogP contribution is -2.45. The predicted octanol–water partition coefficient (Wildman–Crippen LogP) is 3.08. The Hall–Kier alpha value is -1.29. The molecule has 29 heavy (non-hydrogen) atoms. The van der Waals surface area contributed by atoms with Gasteiger partial charge in [-0.15, -0.1) is 24.0 Å². The molecule has 0 aromatic carbocycles. The first-order valence-corrected chi connectivity index (χ1v) is 10.7. The highest BCUT2D eigenvalue weighted by molar-refractivity contribution is 14.0. The van der Waals surface area contributed by atoms with Crippen molar-refractivity contribution < 1.29 is 9.21 Å². The quantitative estimate of drug-likeness (QED) is 0.202. The van der Waals surface area contributed by atoms with Gasteiger partial charge < -0.3 is 20.4 Å². The predicted molar refractivity (Wildman–Crippen MR) is 129 cm³/mol. The lowest BCUT2D eigenvalue weighted by molar-refractivity contribution is 0.0926. The smallest absolute Gasteiger partial charge is 0.287 e. The van der Waals surface area contributed by atoms with Crippen molar-refractivity contribution in [3.63, 3.8) is 0 Å². The van der Waals surface area contributed by atoms with Crippen LogP contribution in [0.2, 0.25) is 0 Å². The average Bonchev–Trinajstić information content (AvgIpc) is 3.09. The summed E-state index contributed by atoms with van der Waals surface area (Å²) in [6.45, 7) is 11.7. The highest BCUT2D eigenvalue weighted by Gasteiger charge is 2.22. The third kappa shape index (κ3) is 9.37. The molecule has 0 bridgehead atoms. The second kappa shape index (κ2) is 14.7. The fourth-order valence-electron chi connectivity index (χ4n) is 3.55. The van der Waals surface area contributed by atoms with Crippen LogP contribution < -0.4 is 16.0 Å². The van der Waals surface area contributed by atoms with Crippen molar-refractivity contribution in [2.24, 2.45) is 10.9 Å². The van der Waals surface area contributed by atoms with E-state index in [1.807, 2.05) is 0 Å². The molecule has 2 rings (SSSR count). The van der Waals surface area contributed by atoms with Crippen LogP contribution in [0.3, 0.4) is 0 Å². The van der Waals surface area contributed by atoms with Gasteiger partial charge in [0.15, 0.2) is 11.7 Å². The lowest BCUT2D eigenvalue weighted by atomic mass is 10.0. The minimum absolute atomic E-state index is 0. The van der Waals surface area contributed by atoms with Crippen molar-refractivity contribution in [1.82, 2.24) is 20.9 Å². The van der Waals surface area contributed by atoms with E-state index in [0.29, 0.717) is 30.8 Å². The fraction of sp³-hybridized carbons (Fsp3) is 0.714. The molecule has 1 amide bonds. The van der Waals surface area contributed by atoms with Gasteiger partial charge in [0.25, 0.3) is 5.91 Å². The maximum atomic E-state index is 11.9. The summed E-state index contributed by atoms with van der Waals surface area (Å²) in [5.74, 6) is 1.50. The number of hydrogen-bond acceptors (Lipinski definition) is 4. The molecule has 1 fully saturated rings. The van der Waals surface area contributed by atoms with E-state index in [1.165, 1.54) is 45.0 Å². The molecule has 1 unspecified atom stereocenters. The summed E-state index contributed by atoms with van der Waals surface area (Å²) in [7, 11) is 0. The standard InChI is InChI=1S/C21H37N5O2.HI/c1-4-22-21(24-12-11-23-20(27)19-10-9-15-28-19)25-16-18(17(2)3)26-13-7-5-6-8-14-26;/h9-10,15,17-18H,4-8,11-14,16H2,1-3H3,(H,23,27)(H2,22,24,25);1H. The van der Waals surface area contributed by atoms with Crippen LogP contribution in [-0.4, -0.2) is 62.1 Å². The first kappa shape index (κ1) is 25.7. The molecule has 0 radical (unpaired) electrons. The summed E-state index contributed by atoms with van der Waals surface area (Å²) in [5, 5.41) is 9.44. The number of nitrogens with zero attached hydrogens (tertiary/aromatic N) is 2. The molecule has 7 nitrogen and oxygen atoms in total. The van der Waals surface area contributed by atoms with Crippen LogP contribution in [0.5, 0.6) is 0 Å². The molecular formula is C21H38IN5O2. The number of nitrogens with one attached hydrogen (secondary N) is 3. The maximum absolute atomic E-state index is 11.9. The van der Waals surface area contributed by atoms with Crippen LogP contribution in [0.4, 0.5) is 0 Å². The normalized spacial score (nSPS) is 16.6. The summed E-state index contributed by atoms with van der Waals surface area (Å²) in [6.07, 6.45) is 6.77. The molecule has 1 saturated heterocycles. The van der Waals surface area contributed by atoms with Gasteiger partial charge in [0.1, 0.15) is 0 Å². The van der Waals surface area contributed by atoms with E-state index in [2.05, 4.69) is 41.6 Å². The zero-order chi connectivity index (χ0) is 20.2. The Bertz CT molecular complexity index is 584. The average molecular weight is 519 g/mol. The zero-order valence-electron chi connectivity index (χ0n) is 18.1. The van der Waals surface area contributed by atoms with Crippen LogP contribution in [0, 0.1) is 5.92 Å². The molecule has 2 heterocycles. The molecule has 1 aliphatic heterocycles. The van der Waals surface area contributed by atoms with E-state index >= 15 is 0 Å². The number of rotatable bonds is 9. The number of halogens is 1. The zero-order valence-corrected chi connectivity index (χ0v) is 20.4. The van der Waals surface area contributed by atoms with E-state index < -0.39 is 0 Å². The summed E-state index contributed by atoms with van der Waals surface area (Å²) in [5.41, 5.74) is 0. The number of carbonyl (C=O) groups excluding carboxylic acids is 1. The molecule has 1 aliphatic rings. The molecule has 1 aromatic heterocycles. The second-order valence-electron chi connectivity index (χ2n) is 7.64. The van der Waals surface area contributed by atoms with Crippen molar-refractivity contribution >= 4 is 35.8 Å². The van der Waals surface area contributed by atoms with Crippen LogP contribution in [0.25, 0.3) is 0 Å². The minimum Gasteiger partial charge on any atom is -0.459 e. The number of furan rings is 1. The molecule has 1 atom stereocenters. The number of guanidine groups is 1. The Kier molecular flexibility index (Phi) is 13.0. The Balaban J connectivity index is 0.00000420. The third-order valence-corrected chi connectivity index (χ3v) is 5.11. The van der Waals surface area contributed by atoms with Gasteiger partial charge in [-0.05, 0) is 50.9 Å². The van der Waals surface area contributed by atoms with E-state index in [4.69, 9.17) is 9.41 Å². The molecule has 1 aromatic rings. The molecular weight excluding hydrogens is 481 g/mol. The molecule has 0 saturated carbocycles. The van der Waals surface area contributed by atoms with E-state index in [0.717, 1.165) is 19.0 Å². The first-order chi connectivity index (χ1) is 13.6. The van der Waals surface area contributed by atoms with Crippen molar-refractivity contribution in [2.75, 3.05) is 39.3 Å². The van der Waals surface area contributed by atoms with Crippen molar-refractivity contribution in [1.29, 1.82) is 0 Å². The van der Waals surface area contributed by atoms with Gasteiger partial charge in [-0.2, -0.15) is 0 Å². The number of hydrogen-bond donors (Lipinski definition) is 3. The van der Waals surface area contributed by atoms with Crippen molar-refractivity contribution in [3.8, 4) is 0 Å². The second-order valence-corrected chi connectivity index (χ2v) is 7.64. The highest BCUT2D eigenvalue weighted by Crippen LogP contribution is 2.17. The molecule has 166 valence electrons. The van der Waals surface area contributed by atoms with Crippen molar-refractivity contribution in [2.45, 2.75) is 52.5 Å². The van der Waals surface area contributed by atoms with Gasteiger partial charge >= 0.3 is 0 Å². The Morgan fingerprint density at radius 2 is 1.83 bits per heavy atom. The molecule has 0 aliphatic carbocycles. The Morgan fingerprint density at radius 3 is 2.41 bits per heavy atom. The SMILES string of the molecule is CCNC(=NCC(C(C)C)N1CCCCCC1)NCCNC(=O)c1ccco1.I. The van der Waals surface area contributed by atoms with Gasteiger partial charge in [0.2, 0.25) is 0 Å². The molecule has 3 N–H and O–H groups in total. The topological polar surface area (TPSA) is 81.9 Å². The van der Waals surface area contributed by atoms with Crippen LogP contribution in [-0.2, 0) is 0 Å². The van der Waals surface area contributed by atoms with Gasteiger partial charge in [0.05, 0.1) is 12.8 Å². The number of amides is 1. The van der Waals surface area contributed by atoms with E-state index in [1.54, 1.807) is 12.1 Å². The van der Waals surface area contributed by atoms with Crippen LogP contribution >= 0.6 is 24.0 Å². The summed E-state index contributed by atoms with van der Waals surface area (Å²) in [6, 6.07) is 3.83. The lowest BCUT2D eigenvalue weighted by Gasteiger charge is -2.32. The Labute approximate surface area is 192 Å².